The maximum Gasteiger partial charge on any atom is 0.290 e. The van der Waals surface area contributed by atoms with Crippen LogP contribution in [0.2, 0.25) is 0 Å². The van der Waals surface area contributed by atoms with Crippen LogP contribution in [0.1, 0.15) is 13.3 Å². The van der Waals surface area contributed by atoms with Crippen molar-refractivity contribution in [2.45, 2.75) is 19.9 Å². The third-order valence-electron chi connectivity index (χ3n) is 3.06. The molecule has 8 heteroatoms. The second kappa shape index (κ2) is 8.14. The molecule has 0 aliphatic heterocycles. The predicted molar refractivity (Wildman–Crippen MR) is 84.7 cm³/mol. The topological polar surface area (TPSA) is 112 Å². The van der Waals surface area contributed by atoms with Crippen LogP contribution in [0.4, 0.5) is 5.69 Å². The van der Waals surface area contributed by atoms with E-state index in [1.165, 1.54) is 12.3 Å². The van der Waals surface area contributed by atoms with E-state index < -0.39 is 5.56 Å². The Balaban J connectivity index is 2.01. The van der Waals surface area contributed by atoms with Gasteiger partial charge in [-0.15, -0.1) is 0 Å². The number of hydrogen-bond acceptors (Lipinski definition) is 6. The standard InChI is InChI=1S/C15H20N4O4/c1-2-22-7-4-6-17-14(20)10-19-15(21)11(16)9-12(18-19)13-5-3-8-23-13/h3,5,8-9H,2,4,6-7,10,16H2,1H3,(H,17,20). The molecule has 2 rings (SSSR count). The number of nitrogens with one attached hydrogen (secondary N) is 1. The van der Waals surface area contributed by atoms with Crippen molar-refractivity contribution in [3.8, 4) is 11.5 Å². The molecule has 0 fully saturated rings. The highest BCUT2D eigenvalue weighted by atomic mass is 16.5. The zero-order valence-electron chi connectivity index (χ0n) is 12.9. The molecule has 0 unspecified atom stereocenters. The average Bonchev–Trinajstić information content (AvgIpc) is 3.06. The fraction of sp³-hybridized carbons (Fsp3) is 0.400. The van der Waals surface area contributed by atoms with Crippen LogP contribution in [0, 0.1) is 0 Å². The van der Waals surface area contributed by atoms with Crippen LogP contribution in [-0.2, 0) is 16.1 Å². The highest BCUT2D eigenvalue weighted by molar-refractivity contribution is 5.75. The Morgan fingerprint density at radius 2 is 2.35 bits per heavy atom. The number of rotatable bonds is 8. The van der Waals surface area contributed by atoms with Crippen LogP contribution in [0.5, 0.6) is 0 Å². The molecule has 0 atom stereocenters. The maximum absolute atomic E-state index is 12.0. The third-order valence-corrected chi connectivity index (χ3v) is 3.06. The normalized spacial score (nSPS) is 10.7. The van der Waals surface area contributed by atoms with Crippen LogP contribution in [0.3, 0.4) is 0 Å². The molecule has 124 valence electrons. The van der Waals surface area contributed by atoms with Gasteiger partial charge in [-0.05, 0) is 31.5 Å². The second-order valence-electron chi connectivity index (χ2n) is 4.83. The fourth-order valence-electron chi connectivity index (χ4n) is 1.95. The van der Waals surface area contributed by atoms with E-state index in [4.69, 9.17) is 14.9 Å². The Labute approximate surface area is 133 Å². The summed E-state index contributed by atoms with van der Waals surface area (Å²) in [6, 6.07) is 4.83. The van der Waals surface area contributed by atoms with Crippen LogP contribution >= 0.6 is 0 Å². The van der Waals surface area contributed by atoms with E-state index in [1.807, 2.05) is 6.92 Å². The van der Waals surface area contributed by atoms with E-state index in [2.05, 4.69) is 10.4 Å². The van der Waals surface area contributed by atoms with Crippen molar-refractivity contribution in [2.24, 2.45) is 0 Å². The first kappa shape index (κ1) is 16.8. The van der Waals surface area contributed by atoms with Crippen LogP contribution in [0.15, 0.2) is 33.7 Å². The Kier molecular flexibility index (Phi) is 5.93. The molecule has 0 bridgehead atoms. The Morgan fingerprint density at radius 3 is 3.04 bits per heavy atom. The highest BCUT2D eigenvalue weighted by Crippen LogP contribution is 2.17. The van der Waals surface area contributed by atoms with Gasteiger partial charge in [-0.2, -0.15) is 5.10 Å². The number of carbonyl (C=O) groups is 1. The number of amides is 1. The molecule has 0 saturated carbocycles. The summed E-state index contributed by atoms with van der Waals surface area (Å²) in [7, 11) is 0. The number of carbonyl (C=O) groups excluding carboxylic acids is 1. The molecule has 0 aromatic carbocycles. The molecule has 0 saturated heterocycles. The molecule has 0 aliphatic rings. The highest BCUT2D eigenvalue weighted by Gasteiger charge is 2.12. The van der Waals surface area contributed by atoms with E-state index in [-0.39, 0.29) is 18.1 Å². The van der Waals surface area contributed by atoms with Crippen LogP contribution in [-0.4, -0.2) is 35.4 Å². The van der Waals surface area contributed by atoms with Crippen molar-refractivity contribution in [2.75, 3.05) is 25.5 Å². The van der Waals surface area contributed by atoms with E-state index >= 15 is 0 Å². The molecule has 1 amide bonds. The smallest absolute Gasteiger partial charge is 0.290 e. The lowest BCUT2D eigenvalue weighted by molar-refractivity contribution is -0.121. The summed E-state index contributed by atoms with van der Waals surface area (Å²) in [6.45, 7) is 3.41. The van der Waals surface area contributed by atoms with Gasteiger partial charge in [0.05, 0.1) is 6.26 Å². The number of aromatic nitrogens is 2. The van der Waals surface area contributed by atoms with Gasteiger partial charge in [-0.3, -0.25) is 9.59 Å². The average molecular weight is 320 g/mol. The predicted octanol–water partition coefficient (Wildman–Crippen LogP) is 0.628. The lowest BCUT2D eigenvalue weighted by Gasteiger charge is -2.08. The summed E-state index contributed by atoms with van der Waals surface area (Å²) in [5.41, 5.74) is 5.59. The van der Waals surface area contributed by atoms with Crippen molar-refractivity contribution in [3.05, 3.63) is 34.8 Å². The lowest BCUT2D eigenvalue weighted by atomic mass is 10.3. The SMILES string of the molecule is CCOCCCNC(=O)Cn1nc(-c2ccco2)cc(N)c1=O. The van der Waals surface area contributed by atoms with Crippen molar-refractivity contribution < 1.29 is 13.9 Å². The molecule has 0 spiro atoms. The van der Waals surface area contributed by atoms with Crippen molar-refractivity contribution in [3.63, 3.8) is 0 Å². The van der Waals surface area contributed by atoms with Gasteiger partial charge in [-0.1, -0.05) is 0 Å². The number of nitrogens with two attached hydrogens (primary N) is 1. The minimum atomic E-state index is -0.509. The first-order valence-electron chi connectivity index (χ1n) is 7.37. The monoisotopic (exact) mass is 320 g/mol. The van der Waals surface area contributed by atoms with Gasteiger partial charge in [0, 0.05) is 19.8 Å². The summed E-state index contributed by atoms with van der Waals surface area (Å²) in [5, 5.41) is 6.83. The molecule has 2 aromatic rings. The quantitative estimate of drug-likeness (QED) is 0.690. The summed E-state index contributed by atoms with van der Waals surface area (Å²) >= 11 is 0. The summed E-state index contributed by atoms with van der Waals surface area (Å²) in [6.07, 6.45) is 2.20. The first-order valence-corrected chi connectivity index (χ1v) is 7.37. The van der Waals surface area contributed by atoms with Crippen molar-refractivity contribution >= 4 is 11.6 Å². The number of furan rings is 1. The number of nitrogen functional groups attached to an aromatic ring is 1. The van der Waals surface area contributed by atoms with Crippen molar-refractivity contribution in [1.82, 2.24) is 15.1 Å². The lowest BCUT2D eigenvalue weighted by Crippen LogP contribution is -2.35. The van der Waals surface area contributed by atoms with E-state index in [1.54, 1.807) is 12.1 Å². The van der Waals surface area contributed by atoms with Gasteiger partial charge in [0.2, 0.25) is 5.91 Å². The molecule has 0 aliphatic carbocycles. The molecule has 8 nitrogen and oxygen atoms in total. The number of hydrogen-bond donors (Lipinski definition) is 2. The Bertz CT molecular complexity index is 694. The molecule has 3 N–H and O–H groups in total. The van der Waals surface area contributed by atoms with Crippen LogP contribution in [0.25, 0.3) is 11.5 Å². The minimum Gasteiger partial charge on any atom is -0.463 e. The van der Waals surface area contributed by atoms with Gasteiger partial charge in [0.25, 0.3) is 5.56 Å². The van der Waals surface area contributed by atoms with Gasteiger partial charge in [-0.25, -0.2) is 4.68 Å². The summed E-state index contributed by atoms with van der Waals surface area (Å²) in [5.74, 6) is 0.162. The first-order chi connectivity index (χ1) is 11.1. The van der Waals surface area contributed by atoms with E-state index in [9.17, 15) is 9.59 Å². The zero-order chi connectivity index (χ0) is 16.7. The Morgan fingerprint density at radius 1 is 1.52 bits per heavy atom. The maximum atomic E-state index is 12.0. The van der Waals surface area contributed by atoms with Gasteiger partial charge in [0.1, 0.15) is 17.9 Å². The minimum absolute atomic E-state index is 0.00976. The Hall–Kier alpha value is -2.61. The molecular formula is C15H20N4O4. The second-order valence-corrected chi connectivity index (χ2v) is 4.83. The van der Waals surface area contributed by atoms with Gasteiger partial charge < -0.3 is 20.2 Å². The summed E-state index contributed by atoms with van der Waals surface area (Å²) in [4.78, 5) is 23.9. The molecular weight excluding hydrogens is 300 g/mol. The number of ether oxygens (including phenoxy) is 1. The van der Waals surface area contributed by atoms with Crippen LogP contribution < -0.4 is 16.6 Å². The largest absolute Gasteiger partial charge is 0.463 e. The van der Waals surface area contributed by atoms with E-state index in [0.717, 1.165) is 4.68 Å². The fourth-order valence-corrected chi connectivity index (χ4v) is 1.95. The molecule has 0 radical (unpaired) electrons. The zero-order valence-corrected chi connectivity index (χ0v) is 12.9. The molecule has 23 heavy (non-hydrogen) atoms. The van der Waals surface area contributed by atoms with E-state index in [0.29, 0.717) is 37.6 Å². The molecule has 2 aromatic heterocycles. The van der Waals surface area contributed by atoms with Gasteiger partial charge >= 0.3 is 0 Å². The molecule has 2 heterocycles. The third kappa shape index (κ3) is 4.68. The van der Waals surface area contributed by atoms with Crippen molar-refractivity contribution in [1.29, 1.82) is 0 Å². The number of nitrogens with zero attached hydrogens (tertiary/aromatic N) is 2. The summed E-state index contributed by atoms with van der Waals surface area (Å²) < 4.78 is 11.4. The van der Waals surface area contributed by atoms with Gasteiger partial charge in [0.15, 0.2) is 5.76 Å². The number of anilines is 1.